The lowest BCUT2D eigenvalue weighted by molar-refractivity contribution is -0.109. The highest BCUT2D eigenvalue weighted by atomic mass is 16.5. The standard InChI is InChI=1S/C17H29N5O4/c1-20(2)16(23)22-8-6-17(24)5-7-21(10-13(17)11-22)12-15-18-14(19-26-15)4-9-25-3/h13,24H,4-12H2,1-3H3/t13-,17-/m1/s1. The molecule has 1 N–H and O–H groups in total. The van der Waals surface area contributed by atoms with E-state index >= 15 is 0 Å². The average Bonchev–Trinajstić information content (AvgIpc) is 3.06. The van der Waals surface area contributed by atoms with Crippen molar-refractivity contribution in [1.82, 2.24) is 24.8 Å². The van der Waals surface area contributed by atoms with Crippen molar-refractivity contribution in [3.05, 3.63) is 11.7 Å². The van der Waals surface area contributed by atoms with Crippen LogP contribution in [0.4, 0.5) is 4.79 Å². The van der Waals surface area contributed by atoms with Crippen LogP contribution in [0.1, 0.15) is 24.6 Å². The monoisotopic (exact) mass is 367 g/mol. The smallest absolute Gasteiger partial charge is 0.319 e. The molecule has 0 radical (unpaired) electrons. The second kappa shape index (κ2) is 7.89. The molecule has 3 rings (SSSR count). The van der Waals surface area contributed by atoms with Gasteiger partial charge in [-0.3, -0.25) is 4.90 Å². The van der Waals surface area contributed by atoms with Crippen LogP contribution < -0.4 is 0 Å². The Labute approximate surface area is 153 Å². The van der Waals surface area contributed by atoms with Gasteiger partial charge in [-0.2, -0.15) is 4.98 Å². The van der Waals surface area contributed by atoms with E-state index in [1.54, 1.807) is 26.1 Å². The molecule has 2 aliphatic rings. The molecule has 0 aromatic carbocycles. The molecule has 0 unspecified atom stereocenters. The number of ether oxygens (including phenoxy) is 1. The molecule has 2 atom stereocenters. The number of fused-ring (bicyclic) bond motifs is 1. The highest BCUT2D eigenvalue weighted by Gasteiger charge is 2.46. The highest BCUT2D eigenvalue weighted by Crippen LogP contribution is 2.36. The van der Waals surface area contributed by atoms with E-state index in [1.165, 1.54) is 0 Å². The first-order valence-electron chi connectivity index (χ1n) is 9.12. The minimum absolute atomic E-state index is 0.00357. The number of hydrogen-bond donors (Lipinski definition) is 1. The number of carbonyl (C=O) groups is 1. The van der Waals surface area contributed by atoms with Gasteiger partial charge in [-0.15, -0.1) is 0 Å². The zero-order chi connectivity index (χ0) is 18.7. The fourth-order valence-electron chi connectivity index (χ4n) is 3.81. The molecule has 0 bridgehead atoms. The Balaban J connectivity index is 1.59. The molecule has 9 nitrogen and oxygen atoms in total. The van der Waals surface area contributed by atoms with Crippen LogP contribution in [-0.4, -0.2) is 95.6 Å². The fourth-order valence-corrected chi connectivity index (χ4v) is 3.81. The van der Waals surface area contributed by atoms with Gasteiger partial charge in [0.15, 0.2) is 5.82 Å². The van der Waals surface area contributed by atoms with Crippen molar-refractivity contribution in [2.75, 3.05) is 54.0 Å². The molecule has 26 heavy (non-hydrogen) atoms. The second-order valence-electron chi connectivity index (χ2n) is 7.51. The Kier molecular flexibility index (Phi) is 5.79. The third-order valence-electron chi connectivity index (χ3n) is 5.41. The van der Waals surface area contributed by atoms with Crippen LogP contribution in [0.25, 0.3) is 0 Å². The molecule has 146 valence electrons. The van der Waals surface area contributed by atoms with Crippen LogP contribution in [0.3, 0.4) is 0 Å². The number of nitrogens with zero attached hydrogens (tertiary/aromatic N) is 5. The predicted molar refractivity (Wildman–Crippen MR) is 93.5 cm³/mol. The number of aromatic nitrogens is 2. The topological polar surface area (TPSA) is 95.2 Å². The summed E-state index contributed by atoms with van der Waals surface area (Å²) in [6.07, 6.45) is 1.96. The van der Waals surface area contributed by atoms with E-state index in [0.717, 1.165) is 6.54 Å². The number of rotatable bonds is 5. The summed E-state index contributed by atoms with van der Waals surface area (Å²) in [5, 5.41) is 14.9. The quantitative estimate of drug-likeness (QED) is 0.794. The Hall–Kier alpha value is -1.71. The molecule has 0 aliphatic carbocycles. The molecule has 3 heterocycles. The summed E-state index contributed by atoms with van der Waals surface area (Å²) in [5.41, 5.74) is -0.682. The number of urea groups is 1. The summed E-state index contributed by atoms with van der Waals surface area (Å²) in [5.74, 6) is 1.26. The average molecular weight is 367 g/mol. The Morgan fingerprint density at radius 3 is 2.88 bits per heavy atom. The molecule has 2 saturated heterocycles. The number of methoxy groups -OCH3 is 1. The van der Waals surface area contributed by atoms with Gasteiger partial charge in [0, 0.05) is 59.7 Å². The van der Waals surface area contributed by atoms with Crippen molar-refractivity contribution >= 4 is 6.03 Å². The van der Waals surface area contributed by atoms with Gasteiger partial charge in [-0.25, -0.2) is 4.79 Å². The number of amides is 2. The van der Waals surface area contributed by atoms with Crippen LogP contribution in [-0.2, 0) is 17.7 Å². The van der Waals surface area contributed by atoms with Gasteiger partial charge in [0.2, 0.25) is 5.89 Å². The van der Waals surface area contributed by atoms with Gasteiger partial charge in [0.25, 0.3) is 0 Å². The summed E-state index contributed by atoms with van der Waals surface area (Å²) >= 11 is 0. The lowest BCUT2D eigenvalue weighted by Gasteiger charge is -2.50. The molecule has 9 heteroatoms. The van der Waals surface area contributed by atoms with Crippen LogP contribution in [0.5, 0.6) is 0 Å². The van der Waals surface area contributed by atoms with Crippen molar-refractivity contribution in [1.29, 1.82) is 0 Å². The number of hydrogen-bond acceptors (Lipinski definition) is 7. The van der Waals surface area contributed by atoms with Gasteiger partial charge in [-0.05, 0) is 12.8 Å². The van der Waals surface area contributed by atoms with E-state index < -0.39 is 5.60 Å². The third kappa shape index (κ3) is 4.16. The Bertz CT molecular complexity index is 622. The lowest BCUT2D eigenvalue weighted by atomic mass is 9.76. The maximum atomic E-state index is 12.3. The fraction of sp³-hybridized carbons (Fsp3) is 0.824. The SMILES string of the molecule is COCCc1noc(CN2CC[C@@]3(O)CCN(C(=O)N(C)C)C[C@H]3C2)n1. The minimum Gasteiger partial charge on any atom is -0.389 e. The van der Waals surface area contributed by atoms with Gasteiger partial charge in [0.1, 0.15) is 0 Å². The molecule has 2 amide bonds. The summed E-state index contributed by atoms with van der Waals surface area (Å²) in [6, 6.07) is 0.00357. The summed E-state index contributed by atoms with van der Waals surface area (Å²) in [7, 11) is 5.16. The summed E-state index contributed by atoms with van der Waals surface area (Å²) < 4.78 is 10.4. The van der Waals surface area contributed by atoms with Gasteiger partial charge in [-0.1, -0.05) is 5.16 Å². The molecule has 1 aromatic heterocycles. The van der Waals surface area contributed by atoms with Gasteiger partial charge in [0.05, 0.1) is 18.8 Å². The van der Waals surface area contributed by atoms with E-state index in [1.807, 2.05) is 4.90 Å². The molecule has 1 aromatic rings. The summed E-state index contributed by atoms with van der Waals surface area (Å²) in [6.45, 7) is 3.80. The van der Waals surface area contributed by atoms with Crippen molar-refractivity contribution in [2.45, 2.75) is 31.4 Å². The van der Waals surface area contributed by atoms with Crippen molar-refractivity contribution in [3.8, 4) is 0 Å². The van der Waals surface area contributed by atoms with E-state index in [9.17, 15) is 9.90 Å². The van der Waals surface area contributed by atoms with Crippen LogP contribution in [0.15, 0.2) is 4.52 Å². The number of aliphatic hydroxyl groups is 1. The molecular weight excluding hydrogens is 338 g/mol. The van der Waals surface area contributed by atoms with E-state index in [-0.39, 0.29) is 11.9 Å². The maximum absolute atomic E-state index is 12.3. The third-order valence-corrected chi connectivity index (χ3v) is 5.41. The van der Waals surface area contributed by atoms with Crippen LogP contribution in [0, 0.1) is 5.92 Å². The van der Waals surface area contributed by atoms with Crippen molar-refractivity contribution in [2.24, 2.45) is 5.92 Å². The number of piperidine rings is 2. The number of carbonyl (C=O) groups excluding carboxylic acids is 1. The van der Waals surface area contributed by atoms with Crippen LogP contribution in [0.2, 0.25) is 0 Å². The van der Waals surface area contributed by atoms with Gasteiger partial charge < -0.3 is 24.2 Å². The molecule has 0 saturated carbocycles. The second-order valence-corrected chi connectivity index (χ2v) is 7.51. The lowest BCUT2D eigenvalue weighted by Crippen LogP contribution is -2.61. The van der Waals surface area contributed by atoms with Crippen molar-refractivity contribution < 1.29 is 19.2 Å². The Morgan fingerprint density at radius 1 is 1.38 bits per heavy atom. The molecule has 2 fully saturated rings. The number of likely N-dealkylation sites (tertiary alicyclic amines) is 2. The van der Waals surface area contributed by atoms with Crippen molar-refractivity contribution in [3.63, 3.8) is 0 Å². The zero-order valence-electron chi connectivity index (χ0n) is 15.8. The maximum Gasteiger partial charge on any atom is 0.319 e. The predicted octanol–water partition coefficient (Wildman–Crippen LogP) is 0.199. The summed E-state index contributed by atoms with van der Waals surface area (Å²) in [4.78, 5) is 22.3. The first-order valence-corrected chi connectivity index (χ1v) is 9.12. The first-order chi connectivity index (χ1) is 12.4. The van der Waals surface area contributed by atoms with E-state index in [0.29, 0.717) is 63.8 Å². The Morgan fingerprint density at radius 2 is 2.15 bits per heavy atom. The normalized spacial score (nSPS) is 26.6. The first kappa shape index (κ1) is 19.1. The van der Waals surface area contributed by atoms with E-state index in [2.05, 4.69) is 15.0 Å². The van der Waals surface area contributed by atoms with E-state index in [4.69, 9.17) is 9.26 Å². The molecular formula is C17H29N5O4. The molecule has 0 spiro atoms. The zero-order valence-corrected chi connectivity index (χ0v) is 15.8. The largest absolute Gasteiger partial charge is 0.389 e. The minimum atomic E-state index is -0.682. The highest BCUT2D eigenvalue weighted by molar-refractivity contribution is 5.74. The van der Waals surface area contributed by atoms with Crippen LogP contribution >= 0.6 is 0 Å². The van der Waals surface area contributed by atoms with Gasteiger partial charge >= 0.3 is 6.03 Å². The molecule has 2 aliphatic heterocycles.